The van der Waals surface area contributed by atoms with Crippen LogP contribution in [-0.4, -0.2) is 41.3 Å². The van der Waals surface area contributed by atoms with Crippen LogP contribution in [0.2, 0.25) is 0 Å². The van der Waals surface area contributed by atoms with E-state index >= 15 is 0 Å². The highest BCUT2D eigenvalue weighted by molar-refractivity contribution is 4.89. The summed E-state index contributed by atoms with van der Waals surface area (Å²) in [5.41, 5.74) is 6.08. The van der Waals surface area contributed by atoms with Crippen LogP contribution in [0.25, 0.3) is 0 Å². The van der Waals surface area contributed by atoms with E-state index in [9.17, 15) is 5.11 Å². The van der Waals surface area contributed by atoms with E-state index in [1.807, 2.05) is 0 Å². The number of hydrogen-bond acceptors (Lipinski definition) is 3. The number of rotatable bonds is 1. The van der Waals surface area contributed by atoms with E-state index in [1.165, 1.54) is 19.3 Å². The molecule has 0 unspecified atom stereocenters. The van der Waals surface area contributed by atoms with Crippen LogP contribution in [0.5, 0.6) is 0 Å². The highest BCUT2D eigenvalue weighted by Crippen LogP contribution is 2.24. The van der Waals surface area contributed by atoms with Crippen molar-refractivity contribution in [2.75, 3.05) is 13.1 Å². The molecule has 76 valence electrons. The first-order valence-electron chi connectivity index (χ1n) is 5.45. The lowest BCUT2D eigenvalue weighted by Gasteiger charge is -2.35. The lowest BCUT2D eigenvalue weighted by molar-refractivity contribution is 0.131. The molecule has 3 heteroatoms. The molecule has 3 atom stereocenters. The van der Waals surface area contributed by atoms with Gasteiger partial charge in [0.1, 0.15) is 0 Å². The van der Waals surface area contributed by atoms with Crippen LogP contribution in [0.1, 0.15) is 32.1 Å². The van der Waals surface area contributed by atoms with Crippen molar-refractivity contribution in [2.45, 2.75) is 50.3 Å². The molecule has 2 aliphatic rings. The number of aliphatic hydroxyl groups excluding tert-OH is 1. The van der Waals surface area contributed by atoms with Crippen molar-refractivity contribution in [3.63, 3.8) is 0 Å². The second-order valence-corrected chi connectivity index (χ2v) is 4.45. The highest BCUT2D eigenvalue weighted by atomic mass is 16.3. The van der Waals surface area contributed by atoms with Crippen molar-refractivity contribution < 1.29 is 5.11 Å². The van der Waals surface area contributed by atoms with Gasteiger partial charge in [0, 0.05) is 25.2 Å². The monoisotopic (exact) mass is 184 g/mol. The zero-order valence-corrected chi connectivity index (χ0v) is 8.15. The number of likely N-dealkylation sites (tertiary alicyclic amines) is 1. The van der Waals surface area contributed by atoms with Gasteiger partial charge in [0.15, 0.2) is 0 Å². The molecular weight excluding hydrogens is 164 g/mol. The molecule has 0 amide bonds. The predicted octanol–water partition coefficient (Wildman–Crippen LogP) is 0.323. The van der Waals surface area contributed by atoms with Gasteiger partial charge in [-0.05, 0) is 19.3 Å². The molecule has 2 rings (SSSR count). The van der Waals surface area contributed by atoms with Crippen molar-refractivity contribution in [2.24, 2.45) is 5.73 Å². The SMILES string of the molecule is N[C@H]1CCCC[C@@H]1N1CC[C@H](O)C1. The zero-order chi connectivity index (χ0) is 9.26. The Hall–Kier alpha value is -0.120. The Labute approximate surface area is 79.9 Å². The van der Waals surface area contributed by atoms with Gasteiger partial charge in [0.25, 0.3) is 0 Å². The number of nitrogens with zero attached hydrogens (tertiary/aromatic N) is 1. The minimum absolute atomic E-state index is 0.103. The third kappa shape index (κ3) is 2.03. The molecule has 0 aromatic heterocycles. The van der Waals surface area contributed by atoms with Gasteiger partial charge in [-0.3, -0.25) is 4.90 Å². The number of aliphatic hydroxyl groups is 1. The van der Waals surface area contributed by atoms with Gasteiger partial charge in [-0.15, -0.1) is 0 Å². The summed E-state index contributed by atoms with van der Waals surface area (Å²) in [5, 5.41) is 9.43. The fourth-order valence-electron chi connectivity index (χ4n) is 2.66. The third-order valence-electron chi connectivity index (χ3n) is 3.45. The summed E-state index contributed by atoms with van der Waals surface area (Å²) >= 11 is 0. The summed E-state index contributed by atoms with van der Waals surface area (Å²) in [6, 6.07) is 0.893. The first kappa shape index (κ1) is 9.44. The molecule has 1 saturated carbocycles. The molecule has 1 aliphatic carbocycles. The van der Waals surface area contributed by atoms with E-state index in [-0.39, 0.29) is 6.10 Å². The van der Waals surface area contributed by atoms with Crippen LogP contribution in [-0.2, 0) is 0 Å². The maximum Gasteiger partial charge on any atom is 0.0679 e. The molecule has 1 heterocycles. The van der Waals surface area contributed by atoms with E-state index in [4.69, 9.17) is 5.73 Å². The van der Waals surface area contributed by atoms with Gasteiger partial charge in [-0.1, -0.05) is 12.8 Å². The molecular formula is C10H20N2O. The average Bonchev–Trinajstić information content (AvgIpc) is 2.53. The molecule has 2 fully saturated rings. The van der Waals surface area contributed by atoms with Crippen LogP contribution < -0.4 is 5.73 Å². The summed E-state index contributed by atoms with van der Waals surface area (Å²) in [4.78, 5) is 2.38. The number of nitrogens with two attached hydrogens (primary N) is 1. The quantitative estimate of drug-likeness (QED) is 0.617. The standard InChI is InChI=1S/C10H20N2O/c11-9-3-1-2-4-10(9)12-6-5-8(13)7-12/h8-10,13H,1-7,11H2/t8-,9-,10-/m0/s1. The Kier molecular flexibility index (Phi) is 2.86. The molecule has 0 radical (unpaired) electrons. The fourth-order valence-corrected chi connectivity index (χ4v) is 2.66. The maximum atomic E-state index is 9.43. The first-order valence-corrected chi connectivity index (χ1v) is 5.45. The van der Waals surface area contributed by atoms with Gasteiger partial charge >= 0.3 is 0 Å². The number of hydrogen-bond donors (Lipinski definition) is 2. The Bertz CT molecular complexity index is 174. The van der Waals surface area contributed by atoms with Gasteiger partial charge in [-0.2, -0.15) is 0 Å². The number of β-amino-alcohol motifs (C(OH)–C–C–N with tert-alkyl or cyclic N) is 1. The fraction of sp³-hybridized carbons (Fsp3) is 1.00. The van der Waals surface area contributed by atoms with Crippen LogP contribution in [0.4, 0.5) is 0 Å². The summed E-state index contributed by atoms with van der Waals surface area (Å²) < 4.78 is 0. The predicted molar refractivity (Wildman–Crippen MR) is 52.4 cm³/mol. The van der Waals surface area contributed by atoms with Gasteiger partial charge in [-0.25, -0.2) is 0 Å². The van der Waals surface area contributed by atoms with E-state index in [1.54, 1.807) is 0 Å². The van der Waals surface area contributed by atoms with Crippen LogP contribution in [0.3, 0.4) is 0 Å². The summed E-state index contributed by atoms with van der Waals surface area (Å²) in [7, 11) is 0. The molecule has 0 aromatic rings. The van der Waals surface area contributed by atoms with Gasteiger partial charge in [0.2, 0.25) is 0 Å². The van der Waals surface area contributed by atoms with E-state index in [0.29, 0.717) is 12.1 Å². The van der Waals surface area contributed by atoms with E-state index in [0.717, 1.165) is 25.9 Å². The van der Waals surface area contributed by atoms with E-state index < -0.39 is 0 Å². The van der Waals surface area contributed by atoms with Gasteiger partial charge in [0.05, 0.1) is 6.10 Å². The first-order chi connectivity index (χ1) is 6.27. The molecule has 3 nitrogen and oxygen atoms in total. The molecule has 13 heavy (non-hydrogen) atoms. The van der Waals surface area contributed by atoms with Crippen LogP contribution >= 0.6 is 0 Å². The topological polar surface area (TPSA) is 49.5 Å². The van der Waals surface area contributed by atoms with Crippen molar-refractivity contribution >= 4 is 0 Å². The largest absolute Gasteiger partial charge is 0.392 e. The lowest BCUT2D eigenvalue weighted by Crippen LogP contribution is -2.48. The Morgan fingerprint density at radius 1 is 1.15 bits per heavy atom. The summed E-state index contributed by atoms with van der Waals surface area (Å²) in [6.07, 6.45) is 5.82. The Balaban J connectivity index is 1.91. The normalized spacial score (nSPS) is 42.5. The zero-order valence-electron chi connectivity index (χ0n) is 8.15. The molecule has 1 aliphatic heterocycles. The smallest absolute Gasteiger partial charge is 0.0679 e. The second-order valence-electron chi connectivity index (χ2n) is 4.45. The van der Waals surface area contributed by atoms with Crippen molar-refractivity contribution in [3.8, 4) is 0 Å². The molecule has 0 aromatic carbocycles. The van der Waals surface area contributed by atoms with Crippen molar-refractivity contribution in [1.82, 2.24) is 4.90 Å². The summed E-state index contributed by atoms with van der Waals surface area (Å²) in [6.45, 7) is 1.89. The molecule has 3 N–H and O–H groups in total. The lowest BCUT2D eigenvalue weighted by atomic mass is 9.90. The van der Waals surface area contributed by atoms with Gasteiger partial charge < -0.3 is 10.8 Å². The highest BCUT2D eigenvalue weighted by Gasteiger charge is 2.31. The van der Waals surface area contributed by atoms with Crippen molar-refractivity contribution in [1.29, 1.82) is 0 Å². The molecule has 0 spiro atoms. The Morgan fingerprint density at radius 2 is 1.92 bits per heavy atom. The Morgan fingerprint density at radius 3 is 2.54 bits per heavy atom. The third-order valence-corrected chi connectivity index (χ3v) is 3.45. The molecule has 0 bridgehead atoms. The molecule has 1 saturated heterocycles. The van der Waals surface area contributed by atoms with Crippen LogP contribution in [0.15, 0.2) is 0 Å². The second kappa shape index (κ2) is 3.95. The maximum absolute atomic E-state index is 9.43. The minimum atomic E-state index is -0.103. The minimum Gasteiger partial charge on any atom is -0.392 e. The van der Waals surface area contributed by atoms with E-state index in [2.05, 4.69) is 4.90 Å². The van der Waals surface area contributed by atoms with Crippen LogP contribution in [0, 0.1) is 0 Å². The summed E-state index contributed by atoms with van der Waals surface area (Å²) in [5.74, 6) is 0. The van der Waals surface area contributed by atoms with Crippen molar-refractivity contribution in [3.05, 3.63) is 0 Å². The average molecular weight is 184 g/mol.